The fourth-order valence-corrected chi connectivity index (χ4v) is 11.1. The average Bonchev–Trinajstić information content (AvgIpc) is 3.22. The maximum atomic E-state index is 13.9. The first-order valence-electron chi connectivity index (χ1n) is 18.5. The first kappa shape index (κ1) is 35.1. The van der Waals surface area contributed by atoms with Gasteiger partial charge in [-0.15, -0.1) is 0 Å². The second kappa shape index (κ2) is 14.0. The van der Waals surface area contributed by atoms with Crippen LogP contribution in [0.4, 0.5) is 5.69 Å². The minimum Gasteiger partial charge on any atom is -0.490 e. The van der Waals surface area contributed by atoms with Crippen LogP contribution in [0, 0.1) is 17.8 Å². The minimum atomic E-state index is -2.93. The molecule has 268 valence electrons. The van der Waals surface area contributed by atoms with Gasteiger partial charge >= 0.3 is 0 Å². The Bertz CT molecular complexity index is 1650. The van der Waals surface area contributed by atoms with Crippen molar-refractivity contribution in [3.05, 3.63) is 58.1 Å². The molecule has 1 saturated carbocycles. The normalized spacial score (nSPS) is 35.7. The summed E-state index contributed by atoms with van der Waals surface area (Å²) >= 11 is 6.48. The van der Waals surface area contributed by atoms with Gasteiger partial charge in [0.25, 0.3) is 5.91 Å². The predicted molar refractivity (Wildman–Crippen MR) is 198 cm³/mol. The lowest BCUT2D eigenvalue weighted by Crippen LogP contribution is -2.54. The van der Waals surface area contributed by atoms with Crippen LogP contribution >= 0.6 is 11.6 Å². The standard InChI is InChI=1S/C39H54ClN3O5S/c1-27-6-4-15-39(45,16-17-42-18-20-47-21-19-42)34-11-8-31(34)24-43-25-38(14-5-7-29-22-32(40)10-12-33(29)38)26-48-36-13-9-30(23-35(36)43)37(44)41-49(3,46)28(27)2/h9-10,12-13,22-23,27-28,31,34,45H,3-8,11,14-21,24-26H2,1-2H3,(H,41,44,46)/t27-,28+,31-,34+,38-,39-,49?/m0/s1. The second-order valence-electron chi connectivity index (χ2n) is 15.8. The third-order valence-electron chi connectivity index (χ3n) is 12.8. The maximum Gasteiger partial charge on any atom is 0.262 e. The zero-order valence-corrected chi connectivity index (χ0v) is 30.8. The molecule has 7 atom stereocenters. The van der Waals surface area contributed by atoms with Gasteiger partial charge in [0.2, 0.25) is 0 Å². The van der Waals surface area contributed by atoms with Gasteiger partial charge in [-0.3, -0.25) is 14.4 Å². The van der Waals surface area contributed by atoms with E-state index < -0.39 is 15.3 Å². The maximum absolute atomic E-state index is 13.9. The van der Waals surface area contributed by atoms with Crippen molar-refractivity contribution in [3.63, 3.8) is 0 Å². The zero-order chi connectivity index (χ0) is 34.4. The number of nitrogens with one attached hydrogen (secondary N) is 1. The Balaban J connectivity index is 1.27. The Labute approximate surface area is 298 Å². The highest BCUT2D eigenvalue weighted by Gasteiger charge is 2.48. The summed E-state index contributed by atoms with van der Waals surface area (Å²) in [6.45, 7) is 10.2. The van der Waals surface area contributed by atoms with Gasteiger partial charge in [0.05, 0.1) is 40.8 Å². The van der Waals surface area contributed by atoms with Crippen LogP contribution in [0.25, 0.3) is 0 Å². The molecule has 1 amide bonds. The Morgan fingerprint density at radius 1 is 1.08 bits per heavy atom. The van der Waals surface area contributed by atoms with Gasteiger partial charge in [-0.25, -0.2) is 4.21 Å². The van der Waals surface area contributed by atoms with Crippen molar-refractivity contribution in [2.24, 2.45) is 17.8 Å². The molecule has 2 aromatic carbocycles. The third-order valence-corrected chi connectivity index (χ3v) is 15.2. The topological polar surface area (TPSA) is 91.3 Å². The van der Waals surface area contributed by atoms with Crippen LogP contribution in [-0.4, -0.2) is 89.4 Å². The van der Waals surface area contributed by atoms with Crippen LogP contribution in [-0.2, 0) is 26.3 Å². The number of carbonyl (C=O) groups is 1. The molecule has 49 heavy (non-hydrogen) atoms. The third kappa shape index (κ3) is 7.12. The molecule has 2 aliphatic carbocycles. The van der Waals surface area contributed by atoms with Crippen molar-refractivity contribution >= 4 is 38.8 Å². The van der Waals surface area contributed by atoms with Gasteiger partial charge in [0.15, 0.2) is 0 Å². The van der Waals surface area contributed by atoms with Crippen molar-refractivity contribution in [2.45, 2.75) is 87.9 Å². The number of anilines is 1. The number of carbonyl (C=O) groups excluding carboxylic acids is 1. The number of aliphatic hydroxyl groups is 1. The average molecular weight is 712 g/mol. The van der Waals surface area contributed by atoms with Crippen LogP contribution in [0.15, 0.2) is 36.4 Å². The Morgan fingerprint density at radius 2 is 1.90 bits per heavy atom. The molecular formula is C39H54ClN3O5S. The molecule has 8 nitrogen and oxygen atoms in total. The molecule has 2 fully saturated rings. The van der Waals surface area contributed by atoms with Crippen molar-refractivity contribution < 1.29 is 23.6 Å². The lowest BCUT2D eigenvalue weighted by atomic mass is 9.62. The molecule has 2 aromatic rings. The van der Waals surface area contributed by atoms with E-state index in [2.05, 4.69) is 39.4 Å². The number of hydrogen-bond acceptors (Lipinski definition) is 7. The summed E-state index contributed by atoms with van der Waals surface area (Å²) in [5.74, 6) is 4.99. The number of amides is 1. The predicted octanol–water partition coefficient (Wildman–Crippen LogP) is 5.86. The highest BCUT2D eigenvalue weighted by atomic mass is 35.5. The van der Waals surface area contributed by atoms with Crippen LogP contribution in [0.5, 0.6) is 5.75 Å². The van der Waals surface area contributed by atoms with E-state index in [4.69, 9.17) is 21.1 Å². The summed E-state index contributed by atoms with van der Waals surface area (Å²) in [7, 11) is -2.93. The second-order valence-corrected chi connectivity index (χ2v) is 18.6. The number of hydrogen-bond donors (Lipinski definition) is 2. The van der Waals surface area contributed by atoms with Crippen LogP contribution in [0.1, 0.15) is 86.7 Å². The van der Waals surface area contributed by atoms with Gasteiger partial charge in [-0.2, -0.15) is 0 Å². The summed E-state index contributed by atoms with van der Waals surface area (Å²) in [5.41, 5.74) is 2.90. The van der Waals surface area contributed by atoms with Crippen LogP contribution in [0.2, 0.25) is 5.02 Å². The van der Waals surface area contributed by atoms with Crippen molar-refractivity contribution in [1.29, 1.82) is 0 Å². The minimum absolute atomic E-state index is 0.0688. The Kier molecular flexibility index (Phi) is 10.0. The van der Waals surface area contributed by atoms with E-state index in [-0.39, 0.29) is 28.4 Å². The van der Waals surface area contributed by atoms with Gasteiger partial charge in [0.1, 0.15) is 5.75 Å². The van der Waals surface area contributed by atoms with E-state index in [1.807, 2.05) is 25.1 Å². The van der Waals surface area contributed by atoms with E-state index >= 15 is 0 Å². The van der Waals surface area contributed by atoms with E-state index in [9.17, 15) is 14.1 Å². The molecule has 2 bridgehead atoms. The molecule has 7 rings (SSSR count). The van der Waals surface area contributed by atoms with Gasteiger partial charge < -0.3 is 19.5 Å². The fourth-order valence-electron chi connectivity index (χ4n) is 9.35. The molecule has 1 unspecified atom stereocenters. The monoisotopic (exact) mass is 711 g/mol. The lowest BCUT2D eigenvalue weighted by Gasteiger charge is -2.51. The summed E-state index contributed by atoms with van der Waals surface area (Å²) in [6.07, 6.45) is 8.22. The molecule has 1 spiro atoms. The number of halogens is 1. The molecule has 0 radical (unpaired) electrons. The van der Waals surface area contributed by atoms with E-state index in [1.165, 1.54) is 11.1 Å². The van der Waals surface area contributed by atoms with E-state index in [0.29, 0.717) is 24.5 Å². The smallest absolute Gasteiger partial charge is 0.262 e. The number of ether oxygens (including phenoxy) is 2. The molecule has 0 aromatic heterocycles. The largest absolute Gasteiger partial charge is 0.490 e. The number of morpholine rings is 1. The van der Waals surface area contributed by atoms with Crippen LogP contribution in [0.3, 0.4) is 0 Å². The quantitative estimate of drug-likeness (QED) is 0.386. The van der Waals surface area contributed by atoms with Gasteiger partial charge in [-0.05, 0) is 123 Å². The summed E-state index contributed by atoms with van der Waals surface area (Å²) in [6, 6.07) is 11.9. The molecule has 3 heterocycles. The molecule has 2 N–H and O–H groups in total. The number of nitrogens with zero attached hydrogens (tertiary/aromatic N) is 2. The molecule has 10 heteroatoms. The number of fused-ring (bicyclic) bond motifs is 4. The highest BCUT2D eigenvalue weighted by Crippen LogP contribution is 2.49. The zero-order valence-electron chi connectivity index (χ0n) is 29.3. The van der Waals surface area contributed by atoms with Crippen molar-refractivity contribution in [3.8, 4) is 5.75 Å². The Morgan fingerprint density at radius 3 is 2.67 bits per heavy atom. The van der Waals surface area contributed by atoms with Gasteiger partial charge in [0, 0.05) is 54.0 Å². The van der Waals surface area contributed by atoms with E-state index in [1.54, 1.807) is 6.07 Å². The first-order chi connectivity index (χ1) is 23.5. The van der Waals surface area contributed by atoms with Crippen LogP contribution < -0.4 is 14.4 Å². The fraction of sp³-hybridized carbons (Fsp3) is 0.641. The molecule has 5 aliphatic rings. The Hall–Kier alpha value is -2.30. The SMILES string of the molecule is C=S1(=O)NC(=O)c2ccc3c(c2)N(C[C@@H]2CC[C@H]2[C@@](O)(CCN2CCOCC2)CCC[C@H](C)[C@H]1C)C[C@@]1(CCCc2cc(Cl)ccc21)CO3. The summed E-state index contributed by atoms with van der Waals surface area (Å²) in [4.78, 5) is 18.6. The number of rotatable bonds is 3. The van der Waals surface area contributed by atoms with Crippen molar-refractivity contribution in [1.82, 2.24) is 9.62 Å². The first-order valence-corrected chi connectivity index (χ1v) is 20.6. The lowest BCUT2D eigenvalue weighted by molar-refractivity contribution is -0.100. The molecular weight excluding hydrogens is 658 g/mol. The van der Waals surface area contributed by atoms with Gasteiger partial charge in [-0.1, -0.05) is 31.0 Å². The molecule has 1 saturated heterocycles. The molecule has 3 aliphatic heterocycles. The number of benzene rings is 2. The van der Waals surface area contributed by atoms with E-state index in [0.717, 1.165) is 114 Å². The number of aryl methyl sites for hydroxylation is 1. The summed E-state index contributed by atoms with van der Waals surface area (Å²) in [5, 5.41) is 13.1. The highest BCUT2D eigenvalue weighted by molar-refractivity contribution is 7.99. The van der Waals surface area contributed by atoms with Crippen molar-refractivity contribution in [2.75, 3.05) is 57.4 Å². The summed E-state index contributed by atoms with van der Waals surface area (Å²) < 4.78 is 29.0.